The summed E-state index contributed by atoms with van der Waals surface area (Å²) in [6.07, 6.45) is -4.84. The molecule has 8 heteroatoms. The predicted molar refractivity (Wildman–Crippen MR) is 86.4 cm³/mol. The summed E-state index contributed by atoms with van der Waals surface area (Å²) in [7, 11) is 0. The van der Waals surface area contributed by atoms with E-state index < -0.39 is 18.1 Å². The Morgan fingerprint density at radius 2 is 1.96 bits per heavy atom. The fraction of sp³-hybridized carbons (Fsp3) is 0.588. The lowest BCUT2D eigenvalue weighted by molar-refractivity contribution is -0.274. The number of nitrogens with one attached hydrogen (secondary N) is 1. The Labute approximate surface area is 145 Å². The van der Waals surface area contributed by atoms with Crippen LogP contribution < -0.4 is 10.1 Å². The van der Waals surface area contributed by atoms with E-state index in [1.807, 2.05) is 0 Å². The number of alkyl halides is 3. The van der Waals surface area contributed by atoms with Gasteiger partial charge in [0.1, 0.15) is 11.4 Å². The second-order valence-corrected chi connectivity index (χ2v) is 6.94. The van der Waals surface area contributed by atoms with Crippen molar-refractivity contribution in [3.63, 3.8) is 0 Å². The maximum Gasteiger partial charge on any atom is 0.573 e. The van der Waals surface area contributed by atoms with Crippen LogP contribution in [0.4, 0.5) is 18.0 Å². The molecule has 1 aromatic carbocycles. The van der Waals surface area contributed by atoms with Crippen molar-refractivity contribution in [1.82, 2.24) is 10.2 Å². The van der Waals surface area contributed by atoms with Crippen LogP contribution in [-0.4, -0.2) is 48.6 Å². The van der Waals surface area contributed by atoms with Crippen LogP contribution in [0.25, 0.3) is 0 Å². The molecule has 0 saturated carbocycles. The Morgan fingerprint density at radius 1 is 1.28 bits per heavy atom. The van der Waals surface area contributed by atoms with Gasteiger partial charge in [-0.2, -0.15) is 0 Å². The van der Waals surface area contributed by atoms with E-state index in [1.54, 1.807) is 37.8 Å². The molecule has 1 aromatic rings. The summed E-state index contributed by atoms with van der Waals surface area (Å²) in [5, 5.41) is 3.22. The van der Waals surface area contributed by atoms with Crippen LogP contribution in [0.5, 0.6) is 5.75 Å². The third-order valence-electron chi connectivity index (χ3n) is 3.57. The Bertz CT molecular complexity index is 600. The fourth-order valence-corrected chi connectivity index (χ4v) is 2.62. The van der Waals surface area contributed by atoms with E-state index in [0.717, 1.165) is 0 Å². The first-order valence-corrected chi connectivity index (χ1v) is 8.08. The monoisotopic (exact) mass is 360 g/mol. The minimum Gasteiger partial charge on any atom is -0.444 e. The van der Waals surface area contributed by atoms with Crippen LogP contribution in [0.1, 0.15) is 26.3 Å². The molecule has 1 N–H and O–H groups in total. The summed E-state index contributed by atoms with van der Waals surface area (Å²) >= 11 is 0. The van der Waals surface area contributed by atoms with E-state index >= 15 is 0 Å². The molecule has 0 unspecified atom stereocenters. The fourth-order valence-electron chi connectivity index (χ4n) is 2.62. The molecule has 1 saturated heterocycles. The van der Waals surface area contributed by atoms with Crippen molar-refractivity contribution in [2.24, 2.45) is 0 Å². The number of benzene rings is 1. The van der Waals surface area contributed by atoms with Crippen molar-refractivity contribution in [2.45, 2.75) is 45.2 Å². The van der Waals surface area contributed by atoms with E-state index in [-0.39, 0.29) is 11.8 Å². The molecule has 2 rings (SSSR count). The highest BCUT2D eigenvalue weighted by atomic mass is 19.4. The Morgan fingerprint density at radius 3 is 2.60 bits per heavy atom. The second-order valence-electron chi connectivity index (χ2n) is 6.94. The summed E-state index contributed by atoms with van der Waals surface area (Å²) < 4.78 is 47.0. The first kappa shape index (κ1) is 19.4. The Hall–Kier alpha value is -1.96. The standard InChI is InChI=1S/C17H23F3N2O3/c1-16(2,3)25-15(23)22-9-8-21-13(11-22)10-12-6-4-5-7-14(12)24-17(18,19)20/h4-7,13,21H,8-11H2,1-3H3/t13-/m1/s1. The molecule has 25 heavy (non-hydrogen) atoms. The molecule has 1 fully saturated rings. The highest BCUT2D eigenvalue weighted by Crippen LogP contribution is 2.27. The van der Waals surface area contributed by atoms with Gasteiger partial charge in [-0.05, 0) is 38.8 Å². The minimum atomic E-state index is -4.74. The van der Waals surface area contributed by atoms with Crippen LogP contribution in [0.3, 0.4) is 0 Å². The first-order valence-electron chi connectivity index (χ1n) is 8.08. The number of para-hydroxylation sites is 1. The number of halogens is 3. The van der Waals surface area contributed by atoms with Gasteiger partial charge >= 0.3 is 12.5 Å². The molecule has 0 radical (unpaired) electrons. The lowest BCUT2D eigenvalue weighted by Crippen LogP contribution is -2.54. The molecule has 1 amide bonds. The van der Waals surface area contributed by atoms with Gasteiger partial charge < -0.3 is 19.7 Å². The molecule has 0 aromatic heterocycles. The lowest BCUT2D eigenvalue weighted by atomic mass is 10.0. The van der Waals surface area contributed by atoms with Crippen molar-refractivity contribution >= 4 is 6.09 Å². The van der Waals surface area contributed by atoms with E-state index in [2.05, 4.69) is 10.1 Å². The highest BCUT2D eigenvalue weighted by molar-refractivity contribution is 5.68. The third kappa shape index (κ3) is 6.45. The van der Waals surface area contributed by atoms with Crippen molar-refractivity contribution in [3.8, 4) is 5.75 Å². The van der Waals surface area contributed by atoms with Gasteiger partial charge in [0.05, 0.1) is 0 Å². The van der Waals surface area contributed by atoms with Gasteiger partial charge in [0.2, 0.25) is 0 Å². The van der Waals surface area contributed by atoms with Gasteiger partial charge in [-0.25, -0.2) is 4.79 Å². The second kappa shape index (κ2) is 7.51. The van der Waals surface area contributed by atoms with Gasteiger partial charge in [-0.1, -0.05) is 18.2 Å². The normalized spacial score (nSPS) is 18.8. The Kier molecular flexibility index (Phi) is 5.82. The van der Waals surface area contributed by atoms with E-state index in [1.165, 1.54) is 12.1 Å². The summed E-state index contributed by atoms with van der Waals surface area (Å²) in [4.78, 5) is 13.7. The molecule has 140 valence electrons. The number of hydrogen-bond donors (Lipinski definition) is 1. The van der Waals surface area contributed by atoms with Crippen molar-refractivity contribution in [2.75, 3.05) is 19.6 Å². The zero-order chi connectivity index (χ0) is 18.7. The zero-order valence-corrected chi connectivity index (χ0v) is 14.5. The van der Waals surface area contributed by atoms with Crippen LogP contribution >= 0.6 is 0 Å². The average Bonchev–Trinajstić information content (AvgIpc) is 2.46. The maximum atomic E-state index is 12.5. The molecule has 0 bridgehead atoms. The summed E-state index contributed by atoms with van der Waals surface area (Å²) in [5.74, 6) is -0.216. The van der Waals surface area contributed by atoms with Crippen LogP contribution in [-0.2, 0) is 11.2 Å². The van der Waals surface area contributed by atoms with Crippen molar-refractivity contribution in [3.05, 3.63) is 29.8 Å². The summed E-state index contributed by atoms with van der Waals surface area (Å²) in [6.45, 7) is 6.76. The molecule has 1 aliphatic rings. The van der Waals surface area contributed by atoms with E-state index in [9.17, 15) is 18.0 Å². The van der Waals surface area contributed by atoms with Crippen LogP contribution in [0.2, 0.25) is 0 Å². The zero-order valence-electron chi connectivity index (χ0n) is 14.5. The van der Waals surface area contributed by atoms with Gasteiger partial charge in [0.25, 0.3) is 0 Å². The summed E-state index contributed by atoms with van der Waals surface area (Å²) in [6, 6.07) is 5.85. The van der Waals surface area contributed by atoms with Crippen LogP contribution in [0, 0.1) is 0 Å². The average molecular weight is 360 g/mol. The third-order valence-corrected chi connectivity index (χ3v) is 3.57. The number of carbonyl (C=O) groups excluding carboxylic acids is 1. The minimum absolute atomic E-state index is 0.181. The quantitative estimate of drug-likeness (QED) is 0.898. The van der Waals surface area contributed by atoms with Crippen LogP contribution in [0.15, 0.2) is 24.3 Å². The number of piperazine rings is 1. The van der Waals surface area contributed by atoms with Crippen molar-refractivity contribution < 1.29 is 27.4 Å². The van der Waals surface area contributed by atoms with Gasteiger partial charge in [0, 0.05) is 25.7 Å². The van der Waals surface area contributed by atoms with Gasteiger partial charge in [0.15, 0.2) is 0 Å². The number of rotatable bonds is 3. The largest absolute Gasteiger partial charge is 0.573 e. The molecule has 1 aliphatic heterocycles. The lowest BCUT2D eigenvalue weighted by Gasteiger charge is -2.35. The van der Waals surface area contributed by atoms with Gasteiger partial charge in [-0.15, -0.1) is 13.2 Å². The van der Waals surface area contributed by atoms with E-state index in [0.29, 0.717) is 31.6 Å². The smallest absolute Gasteiger partial charge is 0.444 e. The SMILES string of the molecule is CC(C)(C)OC(=O)N1CCN[C@H](Cc2ccccc2OC(F)(F)F)C1. The molecular weight excluding hydrogens is 337 g/mol. The highest BCUT2D eigenvalue weighted by Gasteiger charge is 2.33. The maximum absolute atomic E-state index is 12.5. The number of amides is 1. The first-order chi connectivity index (χ1) is 11.5. The Balaban J connectivity index is 2.02. The summed E-state index contributed by atoms with van der Waals surface area (Å²) in [5.41, 5.74) is -0.159. The topological polar surface area (TPSA) is 50.8 Å². The number of hydrogen-bond acceptors (Lipinski definition) is 4. The van der Waals surface area contributed by atoms with Crippen molar-refractivity contribution in [1.29, 1.82) is 0 Å². The van der Waals surface area contributed by atoms with E-state index in [4.69, 9.17) is 4.74 Å². The molecule has 1 heterocycles. The number of ether oxygens (including phenoxy) is 2. The molecular formula is C17H23F3N2O3. The predicted octanol–water partition coefficient (Wildman–Crippen LogP) is 3.34. The molecule has 0 aliphatic carbocycles. The van der Waals surface area contributed by atoms with Gasteiger partial charge in [-0.3, -0.25) is 0 Å². The number of carbonyl (C=O) groups is 1. The number of nitrogens with zero attached hydrogens (tertiary/aromatic N) is 1. The molecule has 0 spiro atoms. The molecule has 1 atom stereocenters. The molecule has 5 nitrogen and oxygen atoms in total.